The van der Waals surface area contributed by atoms with Gasteiger partial charge in [0, 0.05) is 26.2 Å². The van der Waals surface area contributed by atoms with Gasteiger partial charge in [-0.3, -0.25) is 9.59 Å². The van der Waals surface area contributed by atoms with Crippen molar-refractivity contribution in [1.82, 2.24) is 15.1 Å². The van der Waals surface area contributed by atoms with Crippen LogP contribution in [0.1, 0.15) is 26.7 Å². The summed E-state index contributed by atoms with van der Waals surface area (Å²) in [4.78, 5) is 37.6. The molecule has 7 nitrogen and oxygen atoms in total. The van der Waals surface area contributed by atoms with Crippen LogP contribution in [0.5, 0.6) is 0 Å². The van der Waals surface area contributed by atoms with E-state index in [4.69, 9.17) is 5.11 Å². The Morgan fingerprint density at radius 3 is 2.58 bits per heavy atom. The number of carboxylic acid groups (broad SMARTS) is 1. The number of rotatable bonds is 5. The lowest BCUT2D eigenvalue weighted by Gasteiger charge is -2.39. The highest BCUT2D eigenvalue weighted by molar-refractivity contribution is 5.88. The fourth-order valence-electron chi connectivity index (χ4n) is 2.17. The normalized spacial score (nSPS) is 19.5. The number of carbonyl (C=O) groups excluding carboxylic acids is 2. The molecule has 0 aromatic rings. The van der Waals surface area contributed by atoms with E-state index >= 15 is 0 Å². The lowest BCUT2D eigenvalue weighted by molar-refractivity contribution is -0.140. The molecule has 1 heterocycles. The van der Waals surface area contributed by atoms with Gasteiger partial charge in [-0.05, 0) is 13.3 Å². The van der Waals surface area contributed by atoms with Gasteiger partial charge in [0.1, 0.15) is 6.04 Å². The highest BCUT2D eigenvalue weighted by Crippen LogP contribution is 2.14. The molecule has 1 unspecified atom stereocenters. The second-order valence-electron chi connectivity index (χ2n) is 4.41. The maximum absolute atomic E-state index is 12.1. The van der Waals surface area contributed by atoms with Crippen LogP contribution in [0.4, 0.5) is 4.79 Å². The summed E-state index contributed by atoms with van der Waals surface area (Å²) in [5, 5.41) is 11.1. The summed E-state index contributed by atoms with van der Waals surface area (Å²) in [6, 6.07) is -0.810. The third-order valence-corrected chi connectivity index (χ3v) is 3.23. The van der Waals surface area contributed by atoms with E-state index in [1.54, 1.807) is 4.90 Å². The average molecular weight is 271 g/mol. The van der Waals surface area contributed by atoms with Crippen LogP contribution in [0.15, 0.2) is 0 Å². The number of nitrogens with one attached hydrogen (secondary N) is 1. The molecule has 1 fully saturated rings. The number of hydrogen-bond acceptors (Lipinski definition) is 3. The van der Waals surface area contributed by atoms with E-state index in [2.05, 4.69) is 5.32 Å². The minimum absolute atomic E-state index is 0.0374. The van der Waals surface area contributed by atoms with E-state index in [0.717, 1.165) is 0 Å². The van der Waals surface area contributed by atoms with Crippen LogP contribution in [-0.4, -0.2) is 65.0 Å². The second kappa shape index (κ2) is 6.96. The number of carboxylic acids is 1. The summed E-state index contributed by atoms with van der Waals surface area (Å²) in [6.45, 7) is 5.50. The highest BCUT2D eigenvalue weighted by Gasteiger charge is 2.35. The summed E-state index contributed by atoms with van der Waals surface area (Å²) in [5.41, 5.74) is 0. The largest absolute Gasteiger partial charge is 0.481 e. The monoisotopic (exact) mass is 271 g/mol. The molecule has 0 aliphatic carbocycles. The zero-order valence-electron chi connectivity index (χ0n) is 11.4. The van der Waals surface area contributed by atoms with E-state index in [1.165, 1.54) is 4.90 Å². The Morgan fingerprint density at radius 2 is 2.05 bits per heavy atom. The first kappa shape index (κ1) is 15.3. The minimum atomic E-state index is -0.959. The molecule has 0 aromatic heterocycles. The number of nitrogens with zero attached hydrogens (tertiary/aromatic N) is 2. The summed E-state index contributed by atoms with van der Waals surface area (Å²) >= 11 is 0. The standard InChI is InChI=1S/C12H21N3O4/c1-3-9-11(18)14(4-2)7-8-15(9)12(19)13-6-5-10(16)17/h9H,3-8H2,1-2H3,(H,13,19)(H,16,17). The number of carbonyl (C=O) groups is 3. The van der Waals surface area contributed by atoms with Gasteiger partial charge in [-0.15, -0.1) is 0 Å². The summed E-state index contributed by atoms with van der Waals surface area (Å²) < 4.78 is 0. The Kier molecular flexibility index (Phi) is 5.59. The maximum Gasteiger partial charge on any atom is 0.318 e. The Morgan fingerprint density at radius 1 is 1.37 bits per heavy atom. The smallest absolute Gasteiger partial charge is 0.318 e. The fourth-order valence-corrected chi connectivity index (χ4v) is 2.17. The predicted octanol–water partition coefficient (Wildman–Crippen LogP) is 0.113. The molecule has 0 aromatic carbocycles. The number of urea groups is 1. The van der Waals surface area contributed by atoms with E-state index < -0.39 is 12.0 Å². The topological polar surface area (TPSA) is 90.0 Å². The Balaban J connectivity index is 2.58. The number of piperazine rings is 1. The van der Waals surface area contributed by atoms with Crippen molar-refractivity contribution in [3.63, 3.8) is 0 Å². The SMILES string of the molecule is CCC1C(=O)N(CC)CCN1C(=O)NCCC(=O)O. The van der Waals surface area contributed by atoms with Crippen molar-refractivity contribution in [3.05, 3.63) is 0 Å². The van der Waals surface area contributed by atoms with Crippen molar-refractivity contribution in [2.45, 2.75) is 32.7 Å². The molecule has 2 N–H and O–H groups in total. The first-order valence-electron chi connectivity index (χ1n) is 6.56. The molecule has 1 aliphatic rings. The van der Waals surface area contributed by atoms with Gasteiger partial charge in [-0.25, -0.2) is 4.79 Å². The Bertz CT molecular complexity index is 359. The van der Waals surface area contributed by atoms with E-state index in [-0.39, 0.29) is 24.9 Å². The van der Waals surface area contributed by atoms with Crippen molar-refractivity contribution in [2.75, 3.05) is 26.2 Å². The molecule has 1 atom stereocenters. The van der Waals surface area contributed by atoms with Gasteiger partial charge in [0.25, 0.3) is 0 Å². The zero-order valence-corrected chi connectivity index (χ0v) is 11.4. The van der Waals surface area contributed by atoms with Crippen LogP contribution in [0.2, 0.25) is 0 Å². The van der Waals surface area contributed by atoms with E-state index in [9.17, 15) is 14.4 Å². The lowest BCUT2D eigenvalue weighted by atomic mass is 10.1. The van der Waals surface area contributed by atoms with Crippen LogP contribution in [0.25, 0.3) is 0 Å². The number of likely N-dealkylation sites (N-methyl/N-ethyl adjacent to an activating group) is 1. The van der Waals surface area contributed by atoms with Crippen LogP contribution >= 0.6 is 0 Å². The van der Waals surface area contributed by atoms with Crippen molar-refractivity contribution in [2.24, 2.45) is 0 Å². The summed E-state index contributed by atoms with van der Waals surface area (Å²) in [7, 11) is 0. The highest BCUT2D eigenvalue weighted by atomic mass is 16.4. The van der Waals surface area contributed by atoms with Crippen LogP contribution < -0.4 is 5.32 Å². The minimum Gasteiger partial charge on any atom is -0.481 e. The molecule has 3 amide bonds. The Labute approximate surface area is 112 Å². The predicted molar refractivity (Wildman–Crippen MR) is 68.7 cm³/mol. The maximum atomic E-state index is 12.1. The molecule has 0 bridgehead atoms. The molecule has 19 heavy (non-hydrogen) atoms. The first-order chi connectivity index (χ1) is 9.01. The van der Waals surface area contributed by atoms with Crippen molar-refractivity contribution in [3.8, 4) is 0 Å². The zero-order chi connectivity index (χ0) is 14.4. The first-order valence-corrected chi connectivity index (χ1v) is 6.56. The van der Waals surface area contributed by atoms with Gasteiger partial charge >= 0.3 is 12.0 Å². The van der Waals surface area contributed by atoms with Gasteiger partial charge in [-0.2, -0.15) is 0 Å². The van der Waals surface area contributed by atoms with E-state index in [1.807, 2.05) is 13.8 Å². The third-order valence-electron chi connectivity index (χ3n) is 3.23. The molecule has 0 spiro atoms. The van der Waals surface area contributed by atoms with Gasteiger partial charge in [0.05, 0.1) is 6.42 Å². The van der Waals surface area contributed by atoms with Gasteiger partial charge in [0.2, 0.25) is 5.91 Å². The molecule has 0 saturated carbocycles. The second-order valence-corrected chi connectivity index (χ2v) is 4.41. The quantitative estimate of drug-likeness (QED) is 0.743. The number of hydrogen-bond donors (Lipinski definition) is 2. The summed E-state index contributed by atoms with van der Waals surface area (Å²) in [5.74, 6) is -0.996. The van der Waals surface area contributed by atoms with E-state index in [0.29, 0.717) is 26.1 Å². The number of amides is 3. The van der Waals surface area contributed by atoms with Gasteiger partial charge in [-0.1, -0.05) is 6.92 Å². The third kappa shape index (κ3) is 3.84. The van der Waals surface area contributed by atoms with Gasteiger partial charge in [0.15, 0.2) is 0 Å². The molecule has 0 radical (unpaired) electrons. The Hall–Kier alpha value is -1.79. The van der Waals surface area contributed by atoms with Crippen LogP contribution in [0.3, 0.4) is 0 Å². The van der Waals surface area contributed by atoms with Crippen molar-refractivity contribution in [1.29, 1.82) is 0 Å². The number of aliphatic carboxylic acids is 1. The molecule has 1 rings (SSSR count). The lowest BCUT2D eigenvalue weighted by Crippen LogP contribution is -2.60. The van der Waals surface area contributed by atoms with Crippen molar-refractivity contribution >= 4 is 17.9 Å². The van der Waals surface area contributed by atoms with Gasteiger partial charge < -0.3 is 20.2 Å². The molecule has 7 heteroatoms. The molecular formula is C12H21N3O4. The van der Waals surface area contributed by atoms with Crippen LogP contribution in [0, 0.1) is 0 Å². The molecular weight excluding hydrogens is 250 g/mol. The molecule has 1 aliphatic heterocycles. The van der Waals surface area contributed by atoms with Crippen molar-refractivity contribution < 1.29 is 19.5 Å². The molecule has 1 saturated heterocycles. The molecule has 108 valence electrons. The average Bonchev–Trinajstić information content (AvgIpc) is 2.37. The summed E-state index contributed by atoms with van der Waals surface area (Å²) in [6.07, 6.45) is 0.438. The fraction of sp³-hybridized carbons (Fsp3) is 0.750. The van der Waals surface area contributed by atoms with Crippen LogP contribution in [-0.2, 0) is 9.59 Å².